The fourth-order valence-corrected chi connectivity index (χ4v) is 2.47. The molecule has 2 aromatic rings. The van der Waals surface area contributed by atoms with Crippen molar-refractivity contribution in [1.29, 1.82) is 0 Å². The van der Waals surface area contributed by atoms with E-state index in [0.29, 0.717) is 0 Å². The molecule has 1 aromatic carbocycles. The molecule has 0 radical (unpaired) electrons. The number of rotatable bonds is 0. The van der Waals surface area contributed by atoms with Crippen molar-refractivity contribution < 1.29 is 0 Å². The average Bonchev–Trinajstić information content (AvgIpc) is 2.30. The van der Waals surface area contributed by atoms with Gasteiger partial charge in [0, 0.05) is 9.75 Å². The highest BCUT2D eigenvalue weighted by Crippen LogP contribution is 2.29. The number of aryl methyl sites for hydroxylation is 2. The Morgan fingerprint density at radius 2 is 1.36 bits per heavy atom. The molecular formula is C10H10S. The van der Waals surface area contributed by atoms with Crippen LogP contribution in [-0.4, -0.2) is 0 Å². The minimum absolute atomic E-state index is 1.41. The first kappa shape index (κ1) is 6.86. The topological polar surface area (TPSA) is 0 Å². The molecule has 1 aromatic heterocycles. The molecule has 0 aliphatic heterocycles. The molecule has 0 nitrogen and oxygen atoms in total. The van der Waals surface area contributed by atoms with E-state index in [1.165, 1.54) is 20.5 Å². The second-order valence-electron chi connectivity index (χ2n) is 2.76. The van der Waals surface area contributed by atoms with E-state index in [1.54, 1.807) is 0 Å². The third-order valence-corrected chi connectivity index (χ3v) is 3.04. The summed E-state index contributed by atoms with van der Waals surface area (Å²) in [7, 11) is 0. The molecule has 0 aliphatic carbocycles. The third-order valence-electron chi connectivity index (χ3n) is 1.99. The van der Waals surface area contributed by atoms with Crippen molar-refractivity contribution in [2.24, 2.45) is 0 Å². The summed E-state index contributed by atoms with van der Waals surface area (Å²) in [6, 6.07) is 8.57. The molecule has 0 unspecified atom stereocenters. The Bertz CT molecular complexity index is 349. The number of thiophene rings is 1. The first-order valence-corrected chi connectivity index (χ1v) is 4.55. The van der Waals surface area contributed by atoms with E-state index in [-0.39, 0.29) is 0 Å². The SMILES string of the molecule is Cc1sc(C)c2ccccc12. The zero-order chi connectivity index (χ0) is 7.84. The van der Waals surface area contributed by atoms with Gasteiger partial charge in [-0.2, -0.15) is 0 Å². The second kappa shape index (κ2) is 2.35. The van der Waals surface area contributed by atoms with Crippen LogP contribution in [0.25, 0.3) is 10.8 Å². The monoisotopic (exact) mass is 162 g/mol. The molecule has 2 rings (SSSR count). The molecule has 0 saturated carbocycles. The van der Waals surface area contributed by atoms with Crippen molar-refractivity contribution >= 4 is 22.1 Å². The van der Waals surface area contributed by atoms with Crippen molar-refractivity contribution in [3.05, 3.63) is 34.0 Å². The van der Waals surface area contributed by atoms with Gasteiger partial charge in [-0.3, -0.25) is 0 Å². The summed E-state index contributed by atoms with van der Waals surface area (Å²) in [5.41, 5.74) is 0. The van der Waals surface area contributed by atoms with E-state index in [0.717, 1.165) is 0 Å². The van der Waals surface area contributed by atoms with Gasteiger partial charge >= 0.3 is 0 Å². The summed E-state index contributed by atoms with van der Waals surface area (Å²) >= 11 is 1.88. The fourth-order valence-electron chi connectivity index (χ4n) is 1.44. The van der Waals surface area contributed by atoms with Crippen LogP contribution in [0.4, 0.5) is 0 Å². The molecule has 0 amide bonds. The summed E-state index contributed by atoms with van der Waals surface area (Å²) in [5.74, 6) is 0. The summed E-state index contributed by atoms with van der Waals surface area (Å²) in [6.07, 6.45) is 0. The van der Waals surface area contributed by atoms with Gasteiger partial charge in [0.2, 0.25) is 0 Å². The standard InChI is InChI=1S/C10H10S/c1-7-9-5-3-4-6-10(9)8(2)11-7/h3-6H,1-2H3. The van der Waals surface area contributed by atoms with Crippen molar-refractivity contribution in [2.45, 2.75) is 13.8 Å². The van der Waals surface area contributed by atoms with E-state index < -0.39 is 0 Å². The zero-order valence-electron chi connectivity index (χ0n) is 6.72. The predicted octanol–water partition coefficient (Wildman–Crippen LogP) is 3.52. The number of benzene rings is 1. The van der Waals surface area contributed by atoms with Crippen LogP contribution in [0.2, 0.25) is 0 Å². The fraction of sp³-hybridized carbons (Fsp3) is 0.200. The predicted molar refractivity (Wildman–Crippen MR) is 51.3 cm³/mol. The van der Waals surface area contributed by atoms with Crippen molar-refractivity contribution in [3.8, 4) is 0 Å². The van der Waals surface area contributed by atoms with Crippen molar-refractivity contribution in [1.82, 2.24) is 0 Å². The summed E-state index contributed by atoms with van der Waals surface area (Å²) in [6.45, 7) is 4.36. The summed E-state index contributed by atoms with van der Waals surface area (Å²) in [5, 5.41) is 2.82. The van der Waals surface area contributed by atoms with Crippen LogP contribution in [0.5, 0.6) is 0 Å². The second-order valence-corrected chi connectivity index (χ2v) is 4.19. The first-order chi connectivity index (χ1) is 5.29. The molecule has 0 aliphatic rings. The van der Waals surface area contributed by atoms with Crippen LogP contribution in [0.3, 0.4) is 0 Å². The number of hydrogen-bond acceptors (Lipinski definition) is 1. The zero-order valence-corrected chi connectivity index (χ0v) is 7.53. The number of fused-ring (bicyclic) bond motifs is 1. The van der Waals surface area contributed by atoms with E-state index in [4.69, 9.17) is 0 Å². The van der Waals surface area contributed by atoms with Gasteiger partial charge in [-0.05, 0) is 24.6 Å². The lowest BCUT2D eigenvalue weighted by Crippen LogP contribution is -1.65. The quantitative estimate of drug-likeness (QED) is 0.556. The van der Waals surface area contributed by atoms with E-state index in [9.17, 15) is 0 Å². The molecule has 1 heterocycles. The highest BCUT2D eigenvalue weighted by molar-refractivity contribution is 7.13. The smallest absolute Gasteiger partial charge is 0.00956 e. The van der Waals surface area contributed by atoms with Gasteiger partial charge in [0.05, 0.1) is 0 Å². The minimum Gasteiger partial charge on any atom is -0.145 e. The molecule has 0 atom stereocenters. The third kappa shape index (κ3) is 0.962. The molecule has 0 bridgehead atoms. The summed E-state index contributed by atoms with van der Waals surface area (Å²) < 4.78 is 0. The molecule has 1 heteroatoms. The molecular weight excluding hydrogens is 152 g/mol. The highest BCUT2D eigenvalue weighted by Gasteiger charge is 2.01. The Labute approximate surface area is 70.5 Å². The van der Waals surface area contributed by atoms with Gasteiger partial charge in [0.25, 0.3) is 0 Å². The van der Waals surface area contributed by atoms with Gasteiger partial charge in [-0.1, -0.05) is 24.3 Å². The normalized spacial score (nSPS) is 10.7. The molecule has 0 spiro atoms. The molecule has 0 saturated heterocycles. The lowest BCUT2D eigenvalue weighted by molar-refractivity contribution is 1.67. The van der Waals surface area contributed by atoms with Gasteiger partial charge in [-0.15, -0.1) is 11.3 Å². The summed E-state index contributed by atoms with van der Waals surface area (Å²) in [4.78, 5) is 2.86. The van der Waals surface area contributed by atoms with Crippen LogP contribution in [-0.2, 0) is 0 Å². The maximum absolute atomic E-state index is 2.19. The van der Waals surface area contributed by atoms with Gasteiger partial charge in [0.15, 0.2) is 0 Å². The Morgan fingerprint density at radius 1 is 0.909 bits per heavy atom. The van der Waals surface area contributed by atoms with Crippen LogP contribution in [0.1, 0.15) is 9.75 Å². The maximum atomic E-state index is 2.19. The van der Waals surface area contributed by atoms with E-state index in [2.05, 4.69) is 38.1 Å². The minimum atomic E-state index is 1.41. The Balaban J connectivity index is 2.95. The lowest BCUT2D eigenvalue weighted by Gasteiger charge is -1.88. The van der Waals surface area contributed by atoms with Crippen LogP contribution < -0.4 is 0 Å². The van der Waals surface area contributed by atoms with Gasteiger partial charge in [-0.25, -0.2) is 0 Å². The van der Waals surface area contributed by atoms with Crippen molar-refractivity contribution in [3.63, 3.8) is 0 Å². The largest absolute Gasteiger partial charge is 0.145 e. The molecule has 0 N–H and O–H groups in total. The number of hydrogen-bond donors (Lipinski definition) is 0. The van der Waals surface area contributed by atoms with Crippen molar-refractivity contribution in [2.75, 3.05) is 0 Å². The van der Waals surface area contributed by atoms with Crippen LogP contribution in [0.15, 0.2) is 24.3 Å². The molecule has 56 valence electrons. The Kier molecular flexibility index (Phi) is 1.46. The van der Waals surface area contributed by atoms with Crippen LogP contribution >= 0.6 is 11.3 Å². The lowest BCUT2D eigenvalue weighted by atomic mass is 10.1. The average molecular weight is 162 g/mol. The van der Waals surface area contributed by atoms with E-state index >= 15 is 0 Å². The van der Waals surface area contributed by atoms with Crippen LogP contribution in [0, 0.1) is 13.8 Å². The van der Waals surface area contributed by atoms with Gasteiger partial charge < -0.3 is 0 Å². The molecule has 11 heavy (non-hydrogen) atoms. The maximum Gasteiger partial charge on any atom is 0.00956 e. The Hall–Kier alpha value is -0.820. The molecule has 0 fully saturated rings. The highest BCUT2D eigenvalue weighted by atomic mass is 32.1. The van der Waals surface area contributed by atoms with Gasteiger partial charge in [0.1, 0.15) is 0 Å². The Morgan fingerprint density at radius 3 is 1.82 bits per heavy atom. The van der Waals surface area contributed by atoms with E-state index in [1.807, 2.05) is 11.3 Å². The first-order valence-electron chi connectivity index (χ1n) is 3.74.